The van der Waals surface area contributed by atoms with E-state index in [4.69, 9.17) is 18.9 Å². The van der Waals surface area contributed by atoms with Crippen molar-refractivity contribution in [2.75, 3.05) is 33.5 Å². The third kappa shape index (κ3) is 5.03. The Morgan fingerprint density at radius 3 is 2.65 bits per heavy atom. The average Bonchev–Trinajstić information content (AvgIpc) is 3.65. The fraction of sp³-hybridized carbons (Fsp3) is 0.448. The van der Waals surface area contributed by atoms with Gasteiger partial charge in [-0.2, -0.15) is 5.10 Å². The van der Waals surface area contributed by atoms with E-state index in [-0.39, 0.29) is 18.1 Å². The summed E-state index contributed by atoms with van der Waals surface area (Å²) in [6.07, 6.45) is 4.02. The van der Waals surface area contributed by atoms with Gasteiger partial charge in [0.2, 0.25) is 0 Å². The van der Waals surface area contributed by atoms with Gasteiger partial charge in [0.1, 0.15) is 11.4 Å². The van der Waals surface area contributed by atoms with E-state index in [1.807, 2.05) is 54.3 Å². The van der Waals surface area contributed by atoms with Crippen LogP contribution in [0.2, 0.25) is 0 Å². The number of amides is 1. The van der Waals surface area contributed by atoms with Gasteiger partial charge in [-0.1, -0.05) is 19.4 Å². The maximum absolute atomic E-state index is 13.7. The molecule has 8 heteroatoms. The maximum Gasteiger partial charge on any atom is 0.273 e. The SMILES string of the molecule is CCCCOc1ccc(C2c3c(-c4ccc(OC)cc4)n[nH]c3C(=O)N2CC2CCCO2)cc1OCC. The summed E-state index contributed by atoms with van der Waals surface area (Å²) in [6, 6.07) is 13.4. The molecule has 5 rings (SSSR count). The highest BCUT2D eigenvalue weighted by molar-refractivity contribution is 6.00. The molecule has 0 aliphatic carbocycles. The molecule has 1 fully saturated rings. The van der Waals surface area contributed by atoms with E-state index < -0.39 is 0 Å². The van der Waals surface area contributed by atoms with Gasteiger partial charge in [0.05, 0.1) is 38.2 Å². The van der Waals surface area contributed by atoms with Gasteiger partial charge in [0, 0.05) is 24.3 Å². The summed E-state index contributed by atoms with van der Waals surface area (Å²) < 4.78 is 23.3. The van der Waals surface area contributed by atoms with Crippen LogP contribution in [0, 0.1) is 0 Å². The molecule has 1 aromatic heterocycles. The molecule has 0 radical (unpaired) electrons. The van der Waals surface area contributed by atoms with Gasteiger partial charge in [0.15, 0.2) is 11.5 Å². The highest BCUT2D eigenvalue weighted by Crippen LogP contribution is 2.45. The van der Waals surface area contributed by atoms with Crippen LogP contribution in [0.4, 0.5) is 0 Å². The van der Waals surface area contributed by atoms with E-state index in [0.29, 0.717) is 31.2 Å². The van der Waals surface area contributed by atoms with Crippen LogP contribution in [0.15, 0.2) is 42.5 Å². The number of hydrogen-bond acceptors (Lipinski definition) is 6. The minimum absolute atomic E-state index is 0.0239. The molecule has 2 unspecified atom stereocenters. The first kappa shape index (κ1) is 25.1. The van der Waals surface area contributed by atoms with Crippen molar-refractivity contribution < 1.29 is 23.7 Å². The van der Waals surface area contributed by atoms with Gasteiger partial charge in [-0.3, -0.25) is 9.89 Å². The Morgan fingerprint density at radius 1 is 1.11 bits per heavy atom. The second kappa shape index (κ2) is 11.3. The molecule has 8 nitrogen and oxygen atoms in total. The van der Waals surface area contributed by atoms with E-state index in [1.165, 1.54) is 0 Å². The Kier molecular flexibility index (Phi) is 7.65. The van der Waals surface area contributed by atoms with Crippen LogP contribution < -0.4 is 14.2 Å². The summed E-state index contributed by atoms with van der Waals surface area (Å²) in [7, 11) is 1.64. The molecule has 2 aliphatic heterocycles. The topological polar surface area (TPSA) is 85.9 Å². The van der Waals surface area contributed by atoms with E-state index in [2.05, 4.69) is 17.1 Å². The fourth-order valence-corrected chi connectivity index (χ4v) is 5.12. The van der Waals surface area contributed by atoms with Crippen LogP contribution in [-0.4, -0.2) is 60.6 Å². The molecule has 0 bridgehead atoms. The molecule has 1 saturated heterocycles. The van der Waals surface area contributed by atoms with Crippen molar-refractivity contribution in [1.82, 2.24) is 15.1 Å². The predicted molar refractivity (Wildman–Crippen MR) is 140 cm³/mol. The number of unbranched alkanes of at least 4 members (excludes halogenated alkanes) is 1. The highest BCUT2D eigenvalue weighted by atomic mass is 16.5. The number of fused-ring (bicyclic) bond motifs is 1. The van der Waals surface area contributed by atoms with Crippen LogP contribution >= 0.6 is 0 Å². The minimum Gasteiger partial charge on any atom is -0.497 e. The lowest BCUT2D eigenvalue weighted by molar-refractivity contribution is 0.0495. The minimum atomic E-state index is -0.327. The molecule has 2 atom stereocenters. The monoisotopic (exact) mass is 505 g/mol. The Labute approximate surface area is 217 Å². The molecule has 3 heterocycles. The second-order valence-corrected chi connectivity index (χ2v) is 9.43. The van der Waals surface area contributed by atoms with Crippen molar-refractivity contribution in [3.05, 3.63) is 59.3 Å². The molecule has 37 heavy (non-hydrogen) atoms. The number of hydrogen-bond donors (Lipinski definition) is 1. The first-order chi connectivity index (χ1) is 18.1. The number of methoxy groups -OCH3 is 1. The lowest BCUT2D eigenvalue weighted by atomic mass is 9.95. The number of aromatic nitrogens is 2. The number of H-pyrrole nitrogens is 1. The Bertz CT molecular complexity index is 1220. The molecular formula is C29H35N3O5. The lowest BCUT2D eigenvalue weighted by Crippen LogP contribution is -2.36. The molecular weight excluding hydrogens is 470 g/mol. The Hall–Kier alpha value is -3.52. The van der Waals surface area contributed by atoms with Gasteiger partial charge >= 0.3 is 0 Å². The summed E-state index contributed by atoms with van der Waals surface area (Å²) in [5.41, 5.74) is 4.02. The number of nitrogens with one attached hydrogen (secondary N) is 1. The maximum atomic E-state index is 13.7. The van der Waals surface area contributed by atoms with Crippen molar-refractivity contribution in [3.8, 4) is 28.5 Å². The first-order valence-electron chi connectivity index (χ1n) is 13.2. The van der Waals surface area contributed by atoms with Crippen molar-refractivity contribution in [2.24, 2.45) is 0 Å². The number of benzene rings is 2. The molecule has 0 saturated carbocycles. The number of ether oxygens (including phenoxy) is 4. The zero-order chi connectivity index (χ0) is 25.8. The smallest absolute Gasteiger partial charge is 0.273 e. The molecule has 2 aromatic carbocycles. The van der Waals surface area contributed by atoms with Crippen molar-refractivity contribution >= 4 is 5.91 Å². The largest absolute Gasteiger partial charge is 0.497 e. The van der Waals surface area contributed by atoms with Crippen LogP contribution in [-0.2, 0) is 4.74 Å². The number of carbonyl (C=O) groups excluding carboxylic acids is 1. The summed E-state index contributed by atoms with van der Waals surface area (Å²) in [4.78, 5) is 15.6. The quantitative estimate of drug-likeness (QED) is 0.352. The number of nitrogens with zero attached hydrogens (tertiary/aromatic N) is 2. The number of rotatable bonds is 11. The molecule has 1 N–H and O–H groups in total. The van der Waals surface area contributed by atoms with E-state index in [1.54, 1.807) is 7.11 Å². The Morgan fingerprint density at radius 2 is 1.95 bits per heavy atom. The first-order valence-corrected chi connectivity index (χ1v) is 13.2. The molecule has 196 valence electrons. The summed E-state index contributed by atoms with van der Waals surface area (Å²) >= 11 is 0. The summed E-state index contributed by atoms with van der Waals surface area (Å²) in [5, 5.41) is 7.62. The molecule has 3 aromatic rings. The molecule has 0 spiro atoms. The zero-order valence-corrected chi connectivity index (χ0v) is 21.8. The van der Waals surface area contributed by atoms with Crippen LogP contribution in [0.5, 0.6) is 17.2 Å². The van der Waals surface area contributed by atoms with Crippen molar-refractivity contribution in [1.29, 1.82) is 0 Å². The average molecular weight is 506 g/mol. The number of carbonyl (C=O) groups is 1. The summed E-state index contributed by atoms with van der Waals surface area (Å²) in [5.74, 6) is 2.10. The lowest BCUT2D eigenvalue weighted by Gasteiger charge is -2.29. The van der Waals surface area contributed by atoms with Gasteiger partial charge < -0.3 is 23.8 Å². The Balaban J connectivity index is 1.57. The summed E-state index contributed by atoms with van der Waals surface area (Å²) in [6.45, 7) is 6.51. The number of aromatic amines is 1. The van der Waals surface area contributed by atoms with Gasteiger partial charge in [-0.25, -0.2) is 0 Å². The normalized spacial score (nSPS) is 18.8. The van der Waals surface area contributed by atoms with E-state index >= 15 is 0 Å². The fourth-order valence-electron chi connectivity index (χ4n) is 5.12. The highest BCUT2D eigenvalue weighted by Gasteiger charge is 2.43. The third-order valence-electron chi connectivity index (χ3n) is 6.99. The third-order valence-corrected chi connectivity index (χ3v) is 6.99. The van der Waals surface area contributed by atoms with Crippen molar-refractivity contribution in [2.45, 2.75) is 51.7 Å². The standard InChI is InChI=1S/C29H35N3O5/c1-4-6-15-37-23-14-11-20(17-24(23)35-5-2)28-25-26(19-9-12-21(34-3)13-10-19)30-31-27(25)29(33)32(28)18-22-8-7-16-36-22/h9-14,17,22,28H,4-8,15-16,18H2,1-3H3,(H,30,31). The van der Waals surface area contributed by atoms with Crippen LogP contribution in [0.1, 0.15) is 67.2 Å². The van der Waals surface area contributed by atoms with Crippen molar-refractivity contribution in [3.63, 3.8) is 0 Å². The van der Waals surface area contributed by atoms with E-state index in [0.717, 1.165) is 66.2 Å². The van der Waals surface area contributed by atoms with Gasteiger partial charge in [-0.15, -0.1) is 0 Å². The molecule has 1 amide bonds. The van der Waals surface area contributed by atoms with Gasteiger partial charge in [0.25, 0.3) is 5.91 Å². The van der Waals surface area contributed by atoms with Crippen LogP contribution in [0.25, 0.3) is 11.3 Å². The van der Waals surface area contributed by atoms with Crippen LogP contribution in [0.3, 0.4) is 0 Å². The predicted octanol–water partition coefficient (Wildman–Crippen LogP) is 5.39. The van der Waals surface area contributed by atoms with E-state index in [9.17, 15) is 4.79 Å². The van der Waals surface area contributed by atoms with Gasteiger partial charge in [-0.05, 0) is 68.1 Å². The zero-order valence-electron chi connectivity index (χ0n) is 21.8. The second-order valence-electron chi connectivity index (χ2n) is 9.43. The molecule has 2 aliphatic rings.